The van der Waals surface area contributed by atoms with E-state index < -0.39 is 12.1 Å². The Bertz CT molecular complexity index is 613. The van der Waals surface area contributed by atoms with Gasteiger partial charge in [-0.1, -0.05) is 18.2 Å². The molecule has 2 rings (SSSR count). The largest absolute Gasteiger partial charge is 0.542 e. The van der Waals surface area contributed by atoms with Crippen LogP contribution in [0.15, 0.2) is 47.2 Å². The molecule has 0 aliphatic heterocycles. The van der Waals surface area contributed by atoms with E-state index in [2.05, 4.69) is 50.9 Å². The van der Waals surface area contributed by atoms with Crippen molar-refractivity contribution in [2.45, 2.75) is 6.18 Å². The van der Waals surface area contributed by atoms with E-state index in [1.54, 1.807) is 11.3 Å². The van der Waals surface area contributed by atoms with Crippen LogP contribution in [-0.4, -0.2) is 12.1 Å². The number of carboxylic acids is 1. The molecule has 0 unspecified atom stereocenters. The maximum absolute atomic E-state index is 10.5. The van der Waals surface area contributed by atoms with E-state index in [4.69, 9.17) is 9.90 Å². The Morgan fingerprint density at radius 2 is 1.81 bits per heavy atom. The van der Waals surface area contributed by atoms with Crippen molar-refractivity contribution in [2.24, 2.45) is 0 Å². The minimum atomic E-state index is -5.19. The predicted molar refractivity (Wildman–Crippen MR) is 67.4 cm³/mol. The summed E-state index contributed by atoms with van der Waals surface area (Å²) >= 11 is 1.56. The summed E-state index contributed by atoms with van der Waals surface area (Å²) in [5, 5.41) is 12.9. The molecule has 0 aliphatic rings. The van der Waals surface area contributed by atoms with Crippen LogP contribution in [-0.2, 0) is 4.79 Å². The molecule has 0 spiro atoms. The lowest BCUT2D eigenvalue weighted by molar-refractivity contribution is -0.535. The normalized spacial score (nSPS) is 9.86. The van der Waals surface area contributed by atoms with Gasteiger partial charge in [-0.05, 0) is 29.5 Å². The number of rotatable bonds is 1. The van der Waals surface area contributed by atoms with Gasteiger partial charge in [0, 0.05) is 10.9 Å². The molecule has 0 N–H and O–H groups in total. The van der Waals surface area contributed by atoms with Crippen LogP contribution >= 0.6 is 11.3 Å². The Labute approximate surface area is 133 Å². The number of alkyl halides is 3. The van der Waals surface area contributed by atoms with Gasteiger partial charge in [0.05, 0.1) is 0 Å². The summed E-state index contributed by atoms with van der Waals surface area (Å²) in [7, 11) is 0. The molecule has 1 aromatic carbocycles. The highest BCUT2D eigenvalue weighted by Crippen LogP contribution is 2.11. The Morgan fingerprint density at radius 3 is 2.29 bits per heavy atom. The molecule has 2 nitrogen and oxygen atoms in total. The van der Waals surface area contributed by atoms with Crippen molar-refractivity contribution < 1.29 is 44.3 Å². The van der Waals surface area contributed by atoms with Crippen LogP contribution in [0.5, 0.6) is 0 Å². The quantitative estimate of drug-likeness (QED) is 0.450. The maximum atomic E-state index is 10.5. The highest BCUT2D eigenvalue weighted by molar-refractivity contribution is 7.08. The summed E-state index contributed by atoms with van der Waals surface area (Å²) in [6.07, 6.45) is -5.19. The first-order valence-electron chi connectivity index (χ1n) is 5.40. The molecule has 0 amide bonds. The molecule has 0 radical (unpaired) electrons. The Morgan fingerprint density at radius 1 is 1.19 bits per heavy atom. The number of aliphatic carboxylic acids is 1. The summed E-state index contributed by atoms with van der Waals surface area (Å²) in [5.74, 6) is 0.175. The molecular formula is C14H8F3IO2S. The third-order valence-electron chi connectivity index (χ3n) is 1.83. The summed E-state index contributed by atoms with van der Waals surface area (Å²) in [5.41, 5.74) is 1.14. The Hall–Kier alpha value is -1.53. The van der Waals surface area contributed by atoms with Gasteiger partial charge >= 0.3 is 27.4 Å². The van der Waals surface area contributed by atoms with E-state index in [0.29, 0.717) is 0 Å². The molecular weight excluding hydrogens is 416 g/mol. The first kappa shape index (κ1) is 17.5. The van der Waals surface area contributed by atoms with Gasteiger partial charge in [0.15, 0.2) is 3.93 Å². The second-order valence-electron chi connectivity index (χ2n) is 3.41. The molecule has 0 atom stereocenters. The minimum Gasteiger partial charge on any atom is -0.542 e. The molecule has 7 heteroatoms. The lowest BCUT2D eigenvalue weighted by atomic mass is 10.4. The fourth-order valence-corrected chi connectivity index (χ4v) is 3.07. The smallest absolute Gasteiger partial charge is 0.430 e. The Balaban J connectivity index is 0.000000270. The average molecular weight is 424 g/mol. The first-order valence-corrected chi connectivity index (χ1v) is 8.50. The molecule has 0 saturated carbocycles. The van der Waals surface area contributed by atoms with Crippen LogP contribution < -0.4 is 26.3 Å². The maximum Gasteiger partial charge on any atom is 0.430 e. The van der Waals surface area contributed by atoms with Gasteiger partial charge in [0.1, 0.15) is 5.97 Å². The van der Waals surface area contributed by atoms with Gasteiger partial charge in [-0.25, -0.2) is 0 Å². The van der Waals surface area contributed by atoms with Crippen molar-refractivity contribution in [3.8, 4) is 9.85 Å². The van der Waals surface area contributed by atoms with Gasteiger partial charge in [-0.15, -0.1) is 0 Å². The van der Waals surface area contributed by atoms with E-state index in [0.717, 1.165) is 5.56 Å². The van der Waals surface area contributed by atoms with Crippen LogP contribution in [0.25, 0.3) is 0 Å². The summed E-state index contributed by atoms with van der Waals surface area (Å²) in [6.45, 7) is 0. The van der Waals surface area contributed by atoms with Gasteiger partial charge < -0.3 is 9.90 Å². The second kappa shape index (κ2) is 8.69. The van der Waals surface area contributed by atoms with E-state index in [1.165, 1.54) is 3.57 Å². The van der Waals surface area contributed by atoms with Gasteiger partial charge in [-0.2, -0.15) is 24.5 Å². The highest BCUT2D eigenvalue weighted by atomic mass is 127. The van der Waals surface area contributed by atoms with Crippen LogP contribution in [0.3, 0.4) is 0 Å². The standard InChI is InChI=1S/C12H8IS.C2HF3O2/c1-2-4-12(5-3-1)13-8-6-11-7-9-14-10-11;3-2(4,5)1(6)7/h1-5,7,9-10H;(H,6,7)/q+1;/p-1. The highest BCUT2D eigenvalue weighted by Gasteiger charge is 2.28. The fourth-order valence-electron chi connectivity index (χ4n) is 0.946. The molecule has 0 fully saturated rings. The number of benzene rings is 1. The predicted octanol–water partition coefficient (Wildman–Crippen LogP) is -0.686. The molecule has 0 saturated heterocycles. The average Bonchev–Trinajstić information content (AvgIpc) is 2.93. The number of thiophene rings is 1. The van der Waals surface area contributed by atoms with Crippen LogP contribution in [0.4, 0.5) is 13.2 Å². The van der Waals surface area contributed by atoms with E-state index in [-0.39, 0.29) is 21.2 Å². The number of halogens is 4. The third kappa shape index (κ3) is 7.72. The van der Waals surface area contributed by atoms with Gasteiger partial charge in [0.25, 0.3) is 0 Å². The lowest BCUT2D eigenvalue weighted by Crippen LogP contribution is -3.59. The molecule has 0 aliphatic carbocycles. The van der Waals surface area contributed by atoms with Crippen molar-refractivity contribution in [1.29, 1.82) is 0 Å². The van der Waals surface area contributed by atoms with Crippen molar-refractivity contribution >= 4 is 17.3 Å². The zero-order chi connectivity index (χ0) is 15.7. The van der Waals surface area contributed by atoms with E-state index >= 15 is 0 Å². The summed E-state index contributed by atoms with van der Waals surface area (Å²) in [6, 6.07) is 12.5. The zero-order valence-corrected chi connectivity index (χ0v) is 13.3. The van der Waals surface area contributed by atoms with Crippen molar-refractivity contribution in [2.75, 3.05) is 0 Å². The van der Waals surface area contributed by atoms with Crippen LogP contribution in [0, 0.1) is 13.4 Å². The molecule has 1 aromatic heterocycles. The van der Waals surface area contributed by atoms with Crippen molar-refractivity contribution in [3.05, 3.63) is 56.3 Å². The molecule has 2 aromatic rings. The molecule has 0 bridgehead atoms. The van der Waals surface area contributed by atoms with Crippen LogP contribution in [0.1, 0.15) is 5.56 Å². The lowest BCUT2D eigenvalue weighted by Gasteiger charge is -2.03. The number of hydrogen-bond acceptors (Lipinski definition) is 3. The third-order valence-corrected chi connectivity index (χ3v) is 4.40. The molecule has 110 valence electrons. The van der Waals surface area contributed by atoms with Crippen molar-refractivity contribution in [3.63, 3.8) is 0 Å². The minimum absolute atomic E-state index is 0.136. The number of hydrogen-bond donors (Lipinski definition) is 0. The van der Waals surface area contributed by atoms with E-state index in [9.17, 15) is 13.2 Å². The SMILES string of the molecule is C(#Cc1ccsc1)[I+]c1ccccc1.O=C([O-])C(F)(F)F. The molecule has 21 heavy (non-hydrogen) atoms. The van der Waals surface area contributed by atoms with E-state index in [1.807, 2.05) is 6.07 Å². The number of carbonyl (C=O) groups is 1. The first-order chi connectivity index (χ1) is 9.89. The van der Waals surface area contributed by atoms with Crippen molar-refractivity contribution in [1.82, 2.24) is 0 Å². The van der Waals surface area contributed by atoms with Gasteiger partial charge in [-0.3, -0.25) is 0 Å². The van der Waals surface area contributed by atoms with Gasteiger partial charge in [0.2, 0.25) is 3.57 Å². The zero-order valence-electron chi connectivity index (χ0n) is 10.4. The summed E-state index contributed by atoms with van der Waals surface area (Å²) in [4.78, 5) is 8.78. The Kier molecular flexibility index (Phi) is 7.25. The topological polar surface area (TPSA) is 40.1 Å². The number of carbonyl (C=O) groups excluding carboxylic acids is 1. The fraction of sp³-hybridized carbons (Fsp3) is 0.0714. The second-order valence-corrected chi connectivity index (χ2v) is 6.51. The summed E-state index contributed by atoms with van der Waals surface area (Å²) < 4.78 is 36.2. The van der Waals surface area contributed by atoms with Crippen LogP contribution in [0.2, 0.25) is 0 Å². The number of carboxylic acid groups (broad SMARTS) is 1. The monoisotopic (exact) mass is 424 g/mol. The molecule has 1 heterocycles.